The van der Waals surface area contributed by atoms with E-state index in [9.17, 15) is 8.42 Å². The van der Waals surface area contributed by atoms with E-state index in [0.717, 1.165) is 17.7 Å². The molecule has 0 aliphatic heterocycles. The molecule has 0 amide bonds. The van der Waals surface area contributed by atoms with Crippen LogP contribution in [0.1, 0.15) is 24.9 Å². The third-order valence-electron chi connectivity index (χ3n) is 2.79. The summed E-state index contributed by atoms with van der Waals surface area (Å²) in [6, 6.07) is 7.91. The highest BCUT2D eigenvalue weighted by molar-refractivity contribution is 7.90. The van der Waals surface area contributed by atoms with Crippen molar-refractivity contribution in [2.24, 2.45) is 0 Å². The number of hydrogen-bond donors (Lipinski definition) is 1. The number of hydrogen-bond acceptors (Lipinski definition) is 4. The molecule has 0 saturated heterocycles. The largest absolute Gasteiger partial charge is 0.496 e. The summed E-state index contributed by atoms with van der Waals surface area (Å²) in [5.41, 5.74) is 1.07. The smallest absolute Gasteiger partial charge is 0.148 e. The van der Waals surface area contributed by atoms with Gasteiger partial charge in [0.25, 0.3) is 0 Å². The van der Waals surface area contributed by atoms with E-state index in [4.69, 9.17) is 4.74 Å². The van der Waals surface area contributed by atoms with E-state index in [-0.39, 0.29) is 11.8 Å². The number of para-hydroxylation sites is 1. The molecule has 0 fully saturated rings. The Balaban J connectivity index is 2.71. The normalized spacial score (nSPS) is 13.3. The van der Waals surface area contributed by atoms with E-state index in [1.807, 2.05) is 24.3 Å². The minimum Gasteiger partial charge on any atom is -0.496 e. The van der Waals surface area contributed by atoms with Crippen LogP contribution in [0.15, 0.2) is 24.3 Å². The van der Waals surface area contributed by atoms with Gasteiger partial charge in [-0.05, 0) is 12.5 Å². The molecule has 0 aliphatic carbocycles. The summed E-state index contributed by atoms with van der Waals surface area (Å²) in [7, 11) is -1.28. The van der Waals surface area contributed by atoms with Gasteiger partial charge in [-0.3, -0.25) is 0 Å². The zero-order valence-corrected chi connectivity index (χ0v) is 12.0. The van der Waals surface area contributed by atoms with Gasteiger partial charge in [0.15, 0.2) is 0 Å². The molecule has 1 N–H and O–H groups in total. The van der Waals surface area contributed by atoms with Crippen molar-refractivity contribution < 1.29 is 13.2 Å². The summed E-state index contributed by atoms with van der Waals surface area (Å²) >= 11 is 0. The predicted octanol–water partition coefficient (Wildman–Crippen LogP) is 1.78. The van der Waals surface area contributed by atoms with E-state index in [0.29, 0.717) is 6.54 Å². The molecule has 0 bridgehead atoms. The highest BCUT2D eigenvalue weighted by Gasteiger charge is 2.13. The zero-order valence-electron chi connectivity index (χ0n) is 11.1. The molecule has 102 valence electrons. The highest BCUT2D eigenvalue weighted by Crippen LogP contribution is 2.26. The minimum atomic E-state index is -2.92. The molecule has 18 heavy (non-hydrogen) atoms. The highest BCUT2D eigenvalue weighted by atomic mass is 32.2. The number of rotatable bonds is 7. The van der Waals surface area contributed by atoms with Gasteiger partial charge in [-0.2, -0.15) is 0 Å². The molecular weight excluding hydrogens is 250 g/mol. The molecule has 0 spiro atoms. The molecule has 1 aromatic carbocycles. The molecule has 0 saturated carbocycles. The van der Waals surface area contributed by atoms with Crippen LogP contribution in [0, 0.1) is 0 Å². The predicted molar refractivity (Wildman–Crippen MR) is 73.7 cm³/mol. The quantitative estimate of drug-likeness (QED) is 0.821. The fourth-order valence-corrected chi connectivity index (χ4v) is 2.34. The van der Waals surface area contributed by atoms with Crippen molar-refractivity contribution in [3.05, 3.63) is 29.8 Å². The average Bonchev–Trinajstić information content (AvgIpc) is 2.33. The van der Waals surface area contributed by atoms with E-state index in [1.165, 1.54) is 6.26 Å². The summed E-state index contributed by atoms with van der Waals surface area (Å²) in [4.78, 5) is 0. The summed E-state index contributed by atoms with van der Waals surface area (Å²) in [5, 5.41) is 3.26. The number of benzene rings is 1. The number of methoxy groups -OCH3 is 1. The average molecular weight is 271 g/mol. The van der Waals surface area contributed by atoms with Crippen molar-refractivity contribution >= 4 is 9.84 Å². The van der Waals surface area contributed by atoms with Crippen LogP contribution in [0.3, 0.4) is 0 Å². The summed E-state index contributed by atoms with van der Waals surface area (Å²) in [5.74, 6) is 0.981. The third kappa shape index (κ3) is 4.66. The Kier molecular flexibility index (Phi) is 5.62. The molecule has 0 aromatic heterocycles. The van der Waals surface area contributed by atoms with Crippen molar-refractivity contribution in [3.8, 4) is 5.75 Å². The van der Waals surface area contributed by atoms with Crippen LogP contribution < -0.4 is 10.1 Å². The fraction of sp³-hybridized carbons (Fsp3) is 0.538. The lowest BCUT2D eigenvalue weighted by Crippen LogP contribution is -2.27. The van der Waals surface area contributed by atoms with E-state index >= 15 is 0 Å². The van der Waals surface area contributed by atoms with Crippen molar-refractivity contribution in [1.29, 1.82) is 0 Å². The fourth-order valence-electron chi connectivity index (χ4n) is 1.85. The Labute approximate surface area is 109 Å². The van der Waals surface area contributed by atoms with Gasteiger partial charge in [0.2, 0.25) is 0 Å². The Bertz CT molecular complexity index is 471. The molecule has 1 unspecified atom stereocenters. The van der Waals surface area contributed by atoms with E-state index in [1.54, 1.807) is 7.11 Å². The standard InChI is InChI=1S/C13H21NO3S/c1-4-12(14-9-10-18(3,15)16)11-7-5-6-8-13(11)17-2/h5-8,12,14H,4,9-10H2,1-3H3. The van der Waals surface area contributed by atoms with Gasteiger partial charge in [-0.25, -0.2) is 8.42 Å². The first-order valence-corrected chi connectivity index (χ1v) is 8.08. The van der Waals surface area contributed by atoms with Crippen LogP contribution in [0.4, 0.5) is 0 Å². The Hall–Kier alpha value is -1.07. The number of sulfone groups is 1. The first kappa shape index (κ1) is 15.0. The SMILES string of the molecule is CCC(NCCS(C)(=O)=O)c1ccccc1OC. The zero-order chi connectivity index (χ0) is 13.6. The minimum absolute atomic E-state index is 0.114. The van der Waals surface area contributed by atoms with Gasteiger partial charge in [0, 0.05) is 24.4 Å². The third-order valence-corrected chi connectivity index (χ3v) is 3.73. The number of ether oxygens (including phenoxy) is 1. The monoisotopic (exact) mass is 271 g/mol. The molecule has 1 rings (SSSR count). The van der Waals surface area contributed by atoms with E-state index in [2.05, 4.69) is 12.2 Å². The first-order valence-electron chi connectivity index (χ1n) is 6.02. The van der Waals surface area contributed by atoms with Crippen LogP contribution in [0.2, 0.25) is 0 Å². The van der Waals surface area contributed by atoms with Crippen LogP contribution in [-0.2, 0) is 9.84 Å². The van der Waals surface area contributed by atoms with Crippen LogP contribution in [-0.4, -0.2) is 34.1 Å². The molecule has 5 heteroatoms. The van der Waals surface area contributed by atoms with Gasteiger partial charge >= 0.3 is 0 Å². The lowest BCUT2D eigenvalue weighted by atomic mass is 10.0. The maximum absolute atomic E-state index is 11.1. The summed E-state index contributed by atoms with van der Waals surface area (Å²) < 4.78 is 27.5. The van der Waals surface area contributed by atoms with Crippen molar-refractivity contribution in [2.75, 3.05) is 25.7 Å². The van der Waals surface area contributed by atoms with Gasteiger partial charge in [-0.1, -0.05) is 25.1 Å². The van der Waals surface area contributed by atoms with Crippen LogP contribution >= 0.6 is 0 Å². The first-order chi connectivity index (χ1) is 8.48. The van der Waals surface area contributed by atoms with Gasteiger partial charge in [0.05, 0.1) is 12.9 Å². The Morgan fingerprint density at radius 2 is 2.00 bits per heavy atom. The second-order valence-electron chi connectivity index (χ2n) is 4.29. The number of nitrogens with one attached hydrogen (secondary N) is 1. The Morgan fingerprint density at radius 1 is 1.33 bits per heavy atom. The molecule has 0 radical (unpaired) electrons. The lowest BCUT2D eigenvalue weighted by Gasteiger charge is -2.19. The van der Waals surface area contributed by atoms with Gasteiger partial charge in [0.1, 0.15) is 15.6 Å². The summed E-state index contributed by atoms with van der Waals surface area (Å²) in [6.07, 6.45) is 2.13. The van der Waals surface area contributed by atoms with E-state index < -0.39 is 9.84 Å². The molecule has 4 nitrogen and oxygen atoms in total. The van der Waals surface area contributed by atoms with Gasteiger partial charge in [-0.15, -0.1) is 0 Å². The summed E-state index contributed by atoms with van der Waals surface area (Å²) in [6.45, 7) is 2.51. The second kappa shape index (κ2) is 6.75. The van der Waals surface area contributed by atoms with Crippen LogP contribution in [0.5, 0.6) is 5.75 Å². The van der Waals surface area contributed by atoms with Crippen molar-refractivity contribution in [2.45, 2.75) is 19.4 Å². The lowest BCUT2D eigenvalue weighted by molar-refractivity contribution is 0.398. The molecule has 0 heterocycles. The maximum Gasteiger partial charge on any atom is 0.148 e. The molecule has 1 atom stereocenters. The maximum atomic E-state index is 11.1. The van der Waals surface area contributed by atoms with Crippen LogP contribution in [0.25, 0.3) is 0 Å². The molecule has 0 aliphatic rings. The second-order valence-corrected chi connectivity index (χ2v) is 6.55. The van der Waals surface area contributed by atoms with Gasteiger partial charge < -0.3 is 10.1 Å². The van der Waals surface area contributed by atoms with Crippen molar-refractivity contribution in [3.63, 3.8) is 0 Å². The van der Waals surface area contributed by atoms with Crippen molar-refractivity contribution in [1.82, 2.24) is 5.32 Å². The Morgan fingerprint density at radius 3 is 2.56 bits per heavy atom. The molecule has 1 aromatic rings. The molecular formula is C13H21NO3S. The topological polar surface area (TPSA) is 55.4 Å².